The van der Waals surface area contributed by atoms with Gasteiger partial charge in [-0.3, -0.25) is 9.79 Å². The lowest BCUT2D eigenvalue weighted by atomic mass is 10.2. The molecule has 1 rings (SSSR count). The SMILES string of the molecule is CCNC(=NCCCN1CCCCCC1=O)NCCCOCCOC.I. The van der Waals surface area contributed by atoms with E-state index in [4.69, 9.17) is 9.47 Å². The lowest BCUT2D eigenvalue weighted by Crippen LogP contribution is -2.38. The molecule has 0 aliphatic carbocycles. The molecule has 2 N–H and O–H groups in total. The normalized spacial score (nSPS) is 15.4. The zero-order valence-corrected chi connectivity index (χ0v) is 18.8. The molecule has 0 aromatic heterocycles. The second-order valence-corrected chi connectivity index (χ2v) is 6.19. The number of guanidine groups is 1. The number of carbonyl (C=O) groups excluding carboxylic acids is 1. The van der Waals surface area contributed by atoms with Crippen LogP contribution in [0.15, 0.2) is 4.99 Å². The molecule has 0 atom stereocenters. The van der Waals surface area contributed by atoms with Crippen LogP contribution in [0.2, 0.25) is 0 Å². The Kier molecular flexibility index (Phi) is 17.4. The summed E-state index contributed by atoms with van der Waals surface area (Å²) < 4.78 is 10.4. The first-order valence-electron chi connectivity index (χ1n) is 9.64. The van der Waals surface area contributed by atoms with Crippen molar-refractivity contribution in [1.29, 1.82) is 0 Å². The van der Waals surface area contributed by atoms with Crippen LogP contribution in [0.5, 0.6) is 0 Å². The maximum Gasteiger partial charge on any atom is 0.222 e. The molecule has 0 saturated carbocycles. The Hall–Kier alpha value is -0.610. The molecule has 154 valence electrons. The van der Waals surface area contributed by atoms with Gasteiger partial charge in [0.15, 0.2) is 5.96 Å². The Balaban J connectivity index is 0.00000625. The van der Waals surface area contributed by atoms with E-state index in [-0.39, 0.29) is 24.0 Å². The van der Waals surface area contributed by atoms with Gasteiger partial charge >= 0.3 is 0 Å². The summed E-state index contributed by atoms with van der Waals surface area (Å²) in [7, 11) is 1.67. The second kappa shape index (κ2) is 17.8. The minimum Gasteiger partial charge on any atom is -0.382 e. The van der Waals surface area contributed by atoms with Gasteiger partial charge in [-0.25, -0.2) is 0 Å². The Labute approximate surface area is 175 Å². The van der Waals surface area contributed by atoms with E-state index in [9.17, 15) is 4.79 Å². The number of carbonyl (C=O) groups is 1. The molecule has 0 spiro atoms. The third-order valence-corrected chi connectivity index (χ3v) is 4.06. The molecular formula is C18H37IN4O3. The summed E-state index contributed by atoms with van der Waals surface area (Å²) in [5, 5.41) is 6.56. The van der Waals surface area contributed by atoms with Gasteiger partial charge < -0.3 is 25.0 Å². The fourth-order valence-electron chi connectivity index (χ4n) is 2.69. The van der Waals surface area contributed by atoms with Gasteiger partial charge in [0.25, 0.3) is 0 Å². The molecule has 1 saturated heterocycles. The van der Waals surface area contributed by atoms with Crippen LogP contribution in [-0.4, -0.2) is 76.4 Å². The van der Waals surface area contributed by atoms with Gasteiger partial charge in [-0.2, -0.15) is 0 Å². The van der Waals surface area contributed by atoms with Crippen molar-refractivity contribution in [2.24, 2.45) is 4.99 Å². The smallest absolute Gasteiger partial charge is 0.222 e. The Morgan fingerprint density at radius 2 is 2.00 bits per heavy atom. The first kappa shape index (κ1) is 25.4. The molecule has 1 aliphatic rings. The molecule has 1 amide bonds. The summed E-state index contributed by atoms with van der Waals surface area (Å²) in [6.07, 6.45) is 5.88. The van der Waals surface area contributed by atoms with Crippen molar-refractivity contribution < 1.29 is 14.3 Å². The van der Waals surface area contributed by atoms with Crippen LogP contribution in [0, 0.1) is 0 Å². The molecule has 26 heavy (non-hydrogen) atoms. The van der Waals surface area contributed by atoms with Crippen molar-refractivity contribution in [1.82, 2.24) is 15.5 Å². The van der Waals surface area contributed by atoms with Crippen molar-refractivity contribution in [3.63, 3.8) is 0 Å². The third kappa shape index (κ3) is 12.7. The average molecular weight is 484 g/mol. The molecule has 8 heteroatoms. The van der Waals surface area contributed by atoms with Crippen LogP contribution in [-0.2, 0) is 14.3 Å². The Bertz CT molecular complexity index is 383. The minimum atomic E-state index is 0. The first-order chi connectivity index (χ1) is 12.3. The number of nitrogens with zero attached hydrogens (tertiary/aromatic N) is 2. The molecule has 0 radical (unpaired) electrons. The zero-order valence-electron chi connectivity index (χ0n) is 16.4. The average Bonchev–Trinajstić information content (AvgIpc) is 2.82. The summed E-state index contributed by atoms with van der Waals surface area (Å²) in [4.78, 5) is 18.5. The van der Waals surface area contributed by atoms with E-state index < -0.39 is 0 Å². The fourth-order valence-corrected chi connectivity index (χ4v) is 2.69. The Morgan fingerprint density at radius 1 is 1.15 bits per heavy atom. The molecule has 1 fully saturated rings. The van der Waals surface area contributed by atoms with Gasteiger partial charge in [0.05, 0.1) is 13.2 Å². The molecule has 0 aromatic carbocycles. The summed E-state index contributed by atoms with van der Waals surface area (Å²) >= 11 is 0. The number of methoxy groups -OCH3 is 1. The van der Waals surface area contributed by atoms with E-state index in [1.54, 1.807) is 7.11 Å². The van der Waals surface area contributed by atoms with Crippen LogP contribution in [0.4, 0.5) is 0 Å². The molecule has 0 unspecified atom stereocenters. The topological polar surface area (TPSA) is 75.2 Å². The maximum absolute atomic E-state index is 12.0. The lowest BCUT2D eigenvalue weighted by Gasteiger charge is -2.20. The quantitative estimate of drug-likeness (QED) is 0.192. The molecule has 0 aromatic rings. The van der Waals surface area contributed by atoms with Crippen molar-refractivity contribution in [2.45, 2.75) is 45.4 Å². The van der Waals surface area contributed by atoms with E-state index in [2.05, 4.69) is 22.5 Å². The number of halogens is 1. The number of hydrogen-bond acceptors (Lipinski definition) is 4. The van der Waals surface area contributed by atoms with Gasteiger partial charge in [-0.1, -0.05) is 6.42 Å². The number of rotatable bonds is 12. The van der Waals surface area contributed by atoms with E-state index in [1.165, 1.54) is 6.42 Å². The highest BCUT2D eigenvalue weighted by atomic mass is 127. The van der Waals surface area contributed by atoms with Crippen LogP contribution >= 0.6 is 24.0 Å². The number of aliphatic imine (C=N–C) groups is 1. The monoisotopic (exact) mass is 484 g/mol. The molecule has 1 aliphatic heterocycles. The second-order valence-electron chi connectivity index (χ2n) is 6.19. The molecule has 0 bridgehead atoms. The number of nitrogens with one attached hydrogen (secondary N) is 2. The predicted molar refractivity (Wildman–Crippen MR) is 116 cm³/mol. The van der Waals surface area contributed by atoms with Crippen molar-refractivity contribution in [3.8, 4) is 0 Å². The molecular weight excluding hydrogens is 447 g/mol. The fraction of sp³-hybridized carbons (Fsp3) is 0.889. The molecule has 7 nitrogen and oxygen atoms in total. The van der Waals surface area contributed by atoms with Gasteiger partial charge in [0.2, 0.25) is 5.91 Å². The predicted octanol–water partition coefficient (Wildman–Crippen LogP) is 2.01. The number of hydrogen-bond donors (Lipinski definition) is 2. The van der Waals surface area contributed by atoms with Crippen molar-refractivity contribution in [3.05, 3.63) is 0 Å². The summed E-state index contributed by atoms with van der Waals surface area (Å²) in [6, 6.07) is 0. The van der Waals surface area contributed by atoms with Gasteiger partial charge in [0, 0.05) is 52.9 Å². The largest absolute Gasteiger partial charge is 0.382 e. The van der Waals surface area contributed by atoms with E-state index in [0.717, 1.165) is 64.4 Å². The number of ether oxygens (including phenoxy) is 2. The highest BCUT2D eigenvalue weighted by molar-refractivity contribution is 14.0. The summed E-state index contributed by atoms with van der Waals surface area (Å²) in [5.74, 6) is 1.14. The van der Waals surface area contributed by atoms with Crippen LogP contribution in [0.1, 0.15) is 45.4 Å². The van der Waals surface area contributed by atoms with Crippen LogP contribution in [0.25, 0.3) is 0 Å². The summed E-state index contributed by atoms with van der Waals surface area (Å²) in [6.45, 7) is 8.15. The first-order valence-corrected chi connectivity index (χ1v) is 9.64. The zero-order chi connectivity index (χ0) is 18.2. The highest BCUT2D eigenvalue weighted by Gasteiger charge is 2.15. The van der Waals surface area contributed by atoms with E-state index in [0.29, 0.717) is 32.1 Å². The summed E-state index contributed by atoms with van der Waals surface area (Å²) in [5.41, 5.74) is 0. The third-order valence-electron chi connectivity index (χ3n) is 4.06. The number of amides is 1. The Morgan fingerprint density at radius 3 is 2.77 bits per heavy atom. The van der Waals surface area contributed by atoms with Gasteiger partial charge in [-0.05, 0) is 32.6 Å². The van der Waals surface area contributed by atoms with Crippen molar-refractivity contribution >= 4 is 35.8 Å². The van der Waals surface area contributed by atoms with Gasteiger partial charge in [-0.15, -0.1) is 24.0 Å². The number of likely N-dealkylation sites (tertiary alicyclic amines) is 1. The van der Waals surface area contributed by atoms with Crippen LogP contribution in [0.3, 0.4) is 0 Å². The lowest BCUT2D eigenvalue weighted by molar-refractivity contribution is -0.130. The standard InChI is InChI=1S/C18H36N4O3.HI/c1-3-19-18(21-11-8-14-25-16-15-24-2)20-10-7-13-22-12-6-4-5-9-17(22)23;/h3-16H2,1-2H3,(H2,19,20,21);1H. The van der Waals surface area contributed by atoms with E-state index >= 15 is 0 Å². The van der Waals surface area contributed by atoms with E-state index in [1.807, 2.05) is 4.90 Å². The van der Waals surface area contributed by atoms with Crippen LogP contribution < -0.4 is 10.6 Å². The van der Waals surface area contributed by atoms with Crippen molar-refractivity contribution in [2.75, 3.05) is 59.7 Å². The molecule has 1 heterocycles. The van der Waals surface area contributed by atoms with Gasteiger partial charge in [0.1, 0.15) is 0 Å². The highest BCUT2D eigenvalue weighted by Crippen LogP contribution is 2.11. The maximum atomic E-state index is 12.0. The minimum absolute atomic E-state index is 0.